The third-order valence-electron chi connectivity index (χ3n) is 3.72. The number of thiophene rings is 1. The molecule has 0 amide bonds. The lowest BCUT2D eigenvalue weighted by atomic mass is 9.76. The van der Waals surface area contributed by atoms with Crippen molar-refractivity contribution in [2.75, 3.05) is 0 Å². The number of halogens is 1. The van der Waals surface area contributed by atoms with Gasteiger partial charge in [-0.15, -0.1) is 11.3 Å². The third-order valence-corrected chi connectivity index (χ3v) is 5.17. The van der Waals surface area contributed by atoms with Crippen LogP contribution in [0.4, 0.5) is 0 Å². The Morgan fingerprint density at radius 1 is 1.26 bits per heavy atom. The maximum atomic E-state index is 6.15. The Labute approximate surface area is 124 Å². The molecule has 0 aromatic carbocycles. The molecule has 2 aromatic heterocycles. The van der Waals surface area contributed by atoms with E-state index in [1.54, 1.807) is 25.0 Å². The highest BCUT2D eigenvalue weighted by molar-refractivity contribution is 7.19. The number of rotatable bonds is 3. The molecule has 0 aliphatic carbocycles. The van der Waals surface area contributed by atoms with E-state index in [9.17, 15) is 0 Å². The zero-order chi connectivity index (χ0) is 14.3. The van der Waals surface area contributed by atoms with Crippen molar-refractivity contribution in [1.82, 2.24) is 4.98 Å². The van der Waals surface area contributed by atoms with Crippen LogP contribution in [0.25, 0.3) is 10.2 Å². The minimum absolute atomic E-state index is 0.0560. The van der Waals surface area contributed by atoms with E-state index in [0.29, 0.717) is 0 Å². The molecule has 2 heterocycles. The predicted octanol–water partition coefficient (Wildman–Crippen LogP) is 4.04. The summed E-state index contributed by atoms with van der Waals surface area (Å²) in [6.07, 6.45) is 1.73. The lowest BCUT2D eigenvalue weighted by Crippen LogP contribution is -2.42. The van der Waals surface area contributed by atoms with Crippen LogP contribution in [-0.2, 0) is 4.65 Å². The van der Waals surface area contributed by atoms with Crippen LogP contribution >= 0.6 is 22.9 Å². The van der Waals surface area contributed by atoms with Crippen LogP contribution in [-0.4, -0.2) is 18.1 Å². The Morgan fingerprint density at radius 2 is 1.95 bits per heavy atom. The summed E-state index contributed by atoms with van der Waals surface area (Å²) < 4.78 is 6.99. The first-order valence-electron chi connectivity index (χ1n) is 6.25. The van der Waals surface area contributed by atoms with Gasteiger partial charge in [0.05, 0.1) is 20.8 Å². The summed E-state index contributed by atoms with van der Waals surface area (Å²) in [5.41, 5.74) is 1.70. The monoisotopic (exact) mass is 294 g/mol. The van der Waals surface area contributed by atoms with Gasteiger partial charge in [0.1, 0.15) is 0 Å². The van der Waals surface area contributed by atoms with Crippen molar-refractivity contribution < 1.29 is 4.65 Å². The van der Waals surface area contributed by atoms with Gasteiger partial charge in [0.25, 0.3) is 0 Å². The van der Waals surface area contributed by atoms with Gasteiger partial charge in [0.2, 0.25) is 0 Å². The van der Waals surface area contributed by atoms with Gasteiger partial charge in [-0.2, -0.15) is 0 Å². The van der Waals surface area contributed by atoms with Gasteiger partial charge in [-0.05, 0) is 36.2 Å². The first-order chi connectivity index (χ1) is 8.72. The quantitative estimate of drug-likeness (QED) is 0.797. The Balaban J connectivity index is 2.22. The molecular formula is C14H18BClNOS. The number of hydrogen-bond acceptors (Lipinski definition) is 3. The Hall–Kier alpha value is -0.575. The zero-order valence-corrected chi connectivity index (χ0v) is 13.5. The van der Waals surface area contributed by atoms with Crippen molar-refractivity contribution in [2.24, 2.45) is 5.41 Å². The average Bonchev–Trinajstić information content (AvgIpc) is 2.70. The molecule has 0 bridgehead atoms. The van der Waals surface area contributed by atoms with Crippen LogP contribution in [0.15, 0.2) is 17.6 Å². The van der Waals surface area contributed by atoms with Crippen LogP contribution in [0, 0.1) is 5.41 Å². The van der Waals surface area contributed by atoms with Gasteiger partial charge < -0.3 is 4.65 Å². The molecule has 0 saturated heterocycles. The van der Waals surface area contributed by atoms with Crippen LogP contribution in [0.5, 0.6) is 0 Å². The fourth-order valence-corrected chi connectivity index (χ4v) is 2.55. The number of pyridine rings is 1. The molecule has 0 saturated carbocycles. The van der Waals surface area contributed by atoms with Crippen molar-refractivity contribution >= 4 is 46.1 Å². The Morgan fingerprint density at radius 3 is 2.58 bits per heavy atom. The Bertz CT molecular complexity index is 589. The predicted molar refractivity (Wildman–Crippen MR) is 84.6 cm³/mol. The van der Waals surface area contributed by atoms with E-state index in [1.807, 2.05) is 11.4 Å². The first kappa shape index (κ1) is 14.8. The molecule has 0 spiro atoms. The van der Waals surface area contributed by atoms with Gasteiger partial charge in [-0.1, -0.05) is 32.4 Å². The number of nitrogens with zero attached hydrogens (tertiary/aromatic N) is 1. The highest BCUT2D eigenvalue weighted by Gasteiger charge is 2.33. The maximum absolute atomic E-state index is 6.15. The molecule has 2 rings (SSSR count). The molecule has 2 aromatic rings. The minimum atomic E-state index is -0.250. The standard InChI is InChI=1S/C14H18BClNOS/c1-13(2,3)14(4,5)18-15-9-8-19-12-10(16)6-7-17-11(9)12/h6-8H,1-5H3. The van der Waals surface area contributed by atoms with E-state index in [0.717, 1.165) is 20.7 Å². The summed E-state index contributed by atoms with van der Waals surface area (Å²) >= 11 is 7.74. The minimum Gasteiger partial charge on any atom is -0.429 e. The van der Waals surface area contributed by atoms with Crippen LogP contribution in [0.2, 0.25) is 5.02 Å². The molecule has 0 fully saturated rings. The summed E-state index contributed by atoms with van der Waals surface area (Å²) in [5.74, 6) is 0. The van der Waals surface area contributed by atoms with E-state index in [-0.39, 0.29) is 11.0 Å². The highest BCUT2D eigenvalue weighted by atomic mass is 35.5. The van der Waals surface area contributed by atoms with E-state index >= 15 is 0 Å². The fraction of sp³-hybridized carbons (Fsp3) is 0.500. The van der Waals surface area contributed by atoms with Crippen molar-refractivity contribution in [1.29, 1.82) is 0 Å². The fourth-order valence-electron chi connectivity index (χ4n) is 1.39. The largest absolute Gasteiger partial charge is 0.429 e. The second-order valence-corrected chi connectivity index (χ2v) is 7.44. The van der Waals surface area contributed by atoms with Crippen LogP contribution in [0.1, 0.15) is 34.6 Å². The SMILES string of the molecule is CC(C)(C)C(C)(C)O[B]c1csc2c(Cl)ccnc12. The number of fused-ring (bicyclic) bond motifs is 1. The average molecular weight is 295 g/mol. The molecule has 101 valence electrons. The summed E-state index contributed by atoms with van der Waals surface area (Å²) in [7, 11) is 1.80. The van der Waals surface area contributed by atoms with Gasteiger partial charge in [0, 0.05) is 6.20 Å². The Kier molecular flexibility index (Phi) is 3.96. The van der Waals surface area contributed by atoms with E-state index < -0.39 is 0 Å². The zero-order valence-electron chi connectivity index (χ0n) is 12.0. The van der Waals surface area contributed by atoms with Crippen LogP contribution in [0.3, 0.4) is 0 Å². The molecule has 5 heteroatoms. The van der Waals surface area contributed by atoms with E-state index in [2.05, 4.69) is 39.6 Å². The molecular weight excluding hydrogens is 276 g/mol. The molecule has 19 heavy (non-hydrogen) atoms. The van der Waals surface area contributed by atoms with Gasteiger partial charge >= 0.3 is 7.48 Å². The molecule has 0 aliphatic rings. The maximum Gasteiger partial charge on any atom is 0.333 e. The van der Waals surface area contributed by atoms with E-state index in [4.69, 9.17) is 16.3 Å². The molecule has 0 unspecified atom stereocenters. The molecule has 0 atom stereocenters. The van der Waals surface area contributed by atoms with Crippen molar-refractivity contribution in [3.63, 3.8) is 0 Å². The smallest absolute Gasteiger partial charge is 0.333 e. The number of hydrogen-bond donors (Lipinski definition) is 0. The summed E-state index contributed by atoms with van der Waals surface area (Å²) in [6, 6.07) is 1.81. The van der Waals surface area contributed by atoms with E-state index in [1.165, 1.54) is 0 Å². The normalized spacial score (nSPS) is 12.9. The lowest BCUT2D eigenvalue weighted by molar-refractivity contribution is 0.00509. The topological polar surface area (TPSA) is 22.1 Å². The lowest BCUT2D eigenvalue weighted by Gasteiger charge is -2.39. The molecule has 0 aliphatic heterocycles. The van der Waals surface area contributed by atoms with Crippen molar-refractivity contribution in [2.45, 2.75) is 40.2 Å². The second-order valence-electron chi connectivity index (χ2n) is 6.16. The van der Waals surface area contributed by atoms with Crippen LogP contribution < -0.4 is 5.46 Å². The first-order valence-corrected chi connectivity index (χ1v) is 7.51. The number of aromatic nitrogens is 1. The van der Waals surface area contributed by atoms with Crippen molar-refractivity contribution in [3.8, 4) is 0 Å². The van der Waals surface area contributed by atoms with Gasteiger partial charge in [-0.25, -0.2) is 0 Å². The summed E-state index contributed by atoms with van der Waals surface area (Å²) in [5, 5.41) is 2.77. The highest BCUT2D eigenvalue weighted by Crippen LogP contribution is 2.33. The molecule has 2 nitrogen and oxygen atoms in total. The second kappa shape index (κ2) is 5.08. The molecule has 1 radical (unpaired) electrons. The summed E-state index contributed by atoms with van der Waals surface area (Å²) in [4.78, 5) is 4.38. The van der Waals surface area contributed by atoms with Gasteiger partial charge in [-0.3, -0.25) is 4.98 Å². The van der Waals surface area contributed by atoms with Gasteiger partial charge in [0.15, 0.2) is 0 Å². The molecule has 0 N–H and O–H groups in total. The summed E-state index contributed by atoms with van der Waals surface area (Å²) in [6.45, 7) is 10.7. The van der Waals surface area contributed by atoms with Crippen molar-refractivity contribution in [3.05, 3.63) is 22.7 Å². The third kappa shape index (κ3) is 2.96.